The fourth-order valence-corrected chi connectivity index (χ4v) is 5.30. The van der Waals surface area contributed by atoms with E-state index in [1.165, 1.54) is 70.6 Å². The summed E-state index contributed by atoms with van der Waals surface area (Å²) in [6.07, 6.45) is 15.3. The highest BCUT2D eigenvalue weighted by atomic mass is 15.2. The molecule has 26 heavy (non-hydrogen) atoms. The lowest BCUT2D eigenvalue weighted by Crippen LogP contribution is -2.52. The number of nitrogen functional groups attached to an aromatic ring is 1. The Morgan fingerprint density at radius 2 is 1.69 bits per heavy atom. The van der Waals surface area contributed by atoms with Crippen LogP contribution in [0.2, 0.25) is 0 Å². The summed E-state index contributed by atoms with van der Waals surface area (Å²) in [7, 11) is 0. The quantitative estimate of drug-likeness (QED) is 0.653. The molecular formula is C23H39N3. The minimum absolute atomic E-state index is 0.450. The maximum Gasteiger partial charge on any atom is 0.0575 e. The molecule has 0 unspecified atom stereocenters. The van der Waals surface area contributed by atoms with Gasteiger partial charge in [0.2, 0.25) is 0 Å². The highest BCUT2D eigenvalue weighted by molar-refractivity contribution is 5.65. The third kappa shape index (κ3) is 5.16. The van der Waals surface area contributed by atoms with Crippen molar-refractivity contribution in [1.82, 2.24) is 4.90 Å². The Morgan fingerprint density at radius 1 is 1.00 bits per heavy atom. The fraction of sp³-hybridized carbons (Fsp3) is 0.739. The molecule has 2 fully saturated rings. The first-order valence-electron chi connectivity index (χ1n) is 11.0. The number of benzene rings is 1. The summed E-state index contributed by atoms with van der Waals surface area (Å²) in [5, 5.41) is 3.67. The Kier molecular flexibility index (Phi) is 7.24. The summed E-state index contributed by atoms with van der Waals surface area (Å²) in [6.45, 7) is 4.79. The maximum absolute atomic E-state index is 6.13. The van der Waals surface area contributed by atoms with E-state index in [1.54, 1.807) is 0 Å². The minimum atomic E-state index is 0.450. The summed E-state index contributed by atoms with van der Waals surface area (Å²) in [4.78, 5) is 2.93. The lowest BCUT2D eigenvalue weighted by Gasteiger charge is -2.47. The number of nitrogens with zero attached hydrogens (tertiary/aromatic N) is 1. The van der Waals surface area contributed by atoms with Crippen LogP contribution in [0, 0.1) is 0 Å². The van der Waals surface area contributed by atoms with E-state index in [4.69, 9.17) is 5.73 Å². The molecule has 3 rings (SSSR count). The predicted molar refractivity (Wildman–Crippen MR) is 114 cm³/mol. The van der Waals surface area contributed by atoms with Gasteiger partial charge in [-0.15, -0.1) is 0 Å². The van der Waals surface area contributed by atoms with Crippen molar-refractivity contribution >= 4 is 11.4 Å². The van der Waals surface area contributed by atoms with Gasteiger partial charge in [0.1, 0.15) is 0 Å². The summed E-state index contributed by atoms with van der Waals surface area (Å²) >= 11 is 0. The van der Waals surface area contributed by atoms with Gasteiger partial charge in [0.15, 0.2) is 0 Å². The number of piperidine rings is 1. The number of hydrogen-bond acceptors (Lipinski definition) is 3. The molecule has 1 aliphatic carbocycles. The van der Waals surface area contributed by atoms with Gasteiger partial charge in [0, 0.05) is 24.2 Å². The van der Waals surface area contributed by atoms with Gasteiger partial charge < -0.3 is 11.1 Å². The standard InChI is InChI=1S/C23H39N3/c1-18(25-23-16-9-8-15-22(23)24)17-21-14-10-11-19(2)26(21)20-12-6-4-3-5-7-13-20/h8-9,15-16,18-21,25H,3-7,10-14,17,24H2,1-2H3/t18-,19-,21-/m0/s1. The average molecular weight is 358 g/mol. The zero-order valence-electron chi connectivity index (χ0n) is 16.9. The summed E-state index contributed by atoms with van der Waals surface area (Å²) in [5.41, 5.74) is 8.07. The number of rotatable bonds is 5. The van der Waals surface area contributed by atoms with Crippen molar-refractivity contribution in [2.24, 2.45) is 0 Å². The number of para-hydroxylation sites is 2. The van der Waals surface area contributed by atoms with Crippen LogP contribution in [0.5, 0.6) is 0 Å². The molecule has 0 amide bonds. The van der Waals surface area contributed by atoms with E-state index in [0.29, 0.717) is 6.04 Å². The lowest BCUT2D eigenvalue weighted by molar-refractivity contribution is 0.0283. The Bertz CT molecular complexity index is 536. The molecule has 1 aromatic carbocycles. The highest BCUT2D eigenvalue weighted by Crippen LogP contribution is 2.33. The highest BCUT2D eigenvalue weighted by Gasteiger charge is 2.34. The molecule has 3 heteroatoms. The van der Waals surface area contributed by atoms with Crippen molar-refractivity contribution in [2.45, 2.75) is 109 Å². The first-order valence-corrected chi connectivity index (χ1v) is 11.0. The van der Waals surface area contributed by atoms with Crippen LogP contribution in [0.1, 0.15) is 84.5 Å². The van der Waals surface area contributed by atoms with Crippen molar-refractivity contribution in [2.75, 3.05) is 11.1 Å². The Labute approximate surface area is 160 Å². The van der Waals surface area contributed by atoms with E-state index in [2.05, 4.69) is 36.2 Å². The van der Waals surface area contributed by atoms with Crippen LogP contribution in [-0.2, 0) is 0 Å². The van der Waals surface area contributed by atoms with Crippen molar-refractivity contribution < 1.29 is 0 Å². The van der Waals surface area contributed by atoms with Gasteiger partial charge in [0.25, 0.3) is 0 Å². The molecule has 2 aliphatic rings. The van der Waals surface area contributed by atoms with Crippen molar-refractivity contribution in [3.8, 4) is 0 Å². The normalized spacial score (nSPS) is 27.5. The van der Waals surface area contributed by atoms with Crippen LogP contribution in [-0.4, -0.2) is 29.1 Å². The maximum atomic E-state index is 6.13. The Morgan fingerprint density at radius 3 is 2.42 bits per heavy atom. The molecule has 3 N–H and O–H groups in total. The topological polar surface area (TPSA) is 41.3 Å². The number of likely N-dealkylation sites (tertiary alicyclic amines) is 1. The lowest BCUT2D eigenvalue weighted by atomic mass is 9.86. The molecule has 3 nitrogen and oxygen atoms in total. The Hall–Kier alpha value is -1.22. The summed E-state index contributed by atoms with van der Waals surface area (Å²) in [6, 6.07) is 10.9. The van der Waals surface area contributed by atoms with Gasteiger partial charge in [-0.25, -0.2) is 0 Å². The van der Waals surface area contributed by atoms with E-state index >= 15 is 0 Å². The zero-order valence-corrected chi connectivity index (χ0v) is 16.9. The molecule has 0 spiro atoms. The predicted octanol–water partition coefficient (Wildman–Crippen LogP) is 5.82. The molecule has 1 saturated heterocycles. The zero-order chi connectivity index (χ0) is 18.4. The van der Waals surface area contributed by atoms with E-state index < -0.39 is 0 Å². The van der Waals surface area contributed by atoms with Crippen molar-refractivity contribution in [1.29, 1.82) is 0 Å². The smallest absolute Gasteiger partial charge is 0.0575 e. The van der Waals surface area contributed by atoms with Crippen LogP contribution < -0.4 is 11.1 Å². The van der Waals surface area contributed by atoms with Crippen LogP contribution >= 0.6 is 0 Å². The SMILES string of the molecule is C[C@@H](C[C@@H]1CCC[C@H](C)N1C1CCCCCCC1)Nc1ccccc1N. The van der Waals surface area contributed by atoms with Crippen LogP contribution in [0.25, 0.3) is 0 Å². The van der Waals surface area contributed by atoms with Crippen LogP contribution in [0.15, 0.2) is 24.3 Å². The average Bonchev–Trinajstić information content (AvgIpc) is 2.58. The largest absolute Gasteiger partial charge is 0.397 e. The molecule has 1 aliphatic heterocycles. The van der Waals surface area contributed by atoms with E-state index in [9.17, 15) is 0 Å². The number of hydrogen-bond donors (Lipinski definition) is 2. The molecule has 1 aromatic rings. The van der Waals surface area contributed by atoms with Crippen LogP contribution in [0.4, 0.5) is 11.4 Å². The second kappa shape index (κ2) is 9.64. The minimum Gasteiger partial charge on any atom is -0.397 e. The van der Waals surface area contributed by atoms with Gasteiger partial charge in [-0.2, -0.15) is 0 Å². The molecule has 1 saturated carbocycles. The van der Waals surface area contributed by atoms with E-state index in [0.717, 1.165) is 29.5 Å². The molecule has 0 radical (unpaired) electrons. The monoisotopic (exact) mass is 357 g/mol. The van der Waals surface area contributed by atoms with Gasteiger partial charge in [-0.05, 0) is 58.1 Å². The van der Waals surface area contributed by atoms with Crippen molar-refractivity contribution in [3.63, 3.8) is 0 Å². The molecule has 1 heterocycles. The second-order valence-corrected chi connectivity index (χ2v) is 8.75. The number of nitrogens with one attached hydrogen (secondary N) is 1. The van der Waals surface area contributed by atoms with E-state index in [-0.39, 0.29) is 0 Å². The number of nitrogens with two attached hydrogens (primary N) is 1. The van der Waals surface area contributed by atoms with Crippen molar-refractivity contribution in [3.05, 3.63) is 24.3 Å². The first-order chi connectivity index (χ1) is 12.6. The van der Waals surface area contributed by atoms with Gasteiger partial charge in [-0.1, -0.05) is 50.7 Å². The fourth-order valence-electron chi connectivity index (χ4n) is 5.30. The summed E-state index contributed by atoms with van der Waals surface area (Å²) in [5.74, 6) is 0. The molecular weight excluding hydrogens is 318 g/mol. The first kappa shape index (κ1) is 19.5. The molecule has 0 bridgehead atoms. The van der Waals surface area contributed by atoms with Gasteiger partial charge in [-0.3, -0.25) is 4.90 Å². The molecule has 146 valence electrons. The van der Waals surface area contributed by atoms with Crippen LogP contribution in [0.3, 0.4) is 0 Å². The molecule has 0 aromatic heterocycles. The van der Waals surface area contributed by atoms with E-state index in [1.807, 2.05) is 12.1 Å². The second-order valence-electron chi connectivity index (χ2n) is 8.75. The molecule has 3 atom stereocenters. The Balaban J connectivity index is 1.64. The third-order valence-corrected chi connectivity index (χ3v) is 6.57. The number of anilines is 2. The summed E-state index contributed by atoms with van der Waals surface area (Å²) < 4.78 is 0. The van der Waals surface area contributed by atoms with Gasteiger partial charge in [0.05, 0.1) is 11.4 Å². The third-order valence-electron chi connectivity index (χ3n) is 6.57. The van der Waals surface area contributed by atoms with Gasteiger partial charge >= 0.3 is 0 Å².